The fourth-order valence-electron chi connectivity index (χ4n) is 1.35. The van der Waals surface area contributed by atoms with Gasteiger partial charge in [-0.2, -0.15) is 4.39 Å². The lowest BCUT2D eigenvalue weighted by molar-refractivity contribution is -0.0234. The Hall–Kier alpha value is -1.05. The first-order valence-electron chi connectivity index (χ1n) is 3.63. The first kappa shape index (κ1) is 6.65. The van der Waals surface area contributed by atoms with E-state index in [9.17, 15) is 4.39 Å². The quantitative estimate of drug-likeness (QED) is 0.554. The molecule has 0 N–H and O–H groups in total. The number of hydrogen-bond donors (Lipinski definition) is 0. The van der Waals surface area contributed by atoms with Crippen molar-refractivity contribution in [1.29, 1.82) is 0 Å². The standard InChI is InChI=1S/C9H9FO/c1-9(10)6-7-4-2-3-5-8(7)11-9/h2-5H,6H2,1H3. The Kier molecular flexibility index (Phi) is 1.19. The Balaban J connectivity index is 2.41. The monoisotopic (exact) mass is 152 g/mol. The largest absolute Gasteiger partial charge is 0.458 e. The molecule has 0 saturated carbocycles. The van der Waals surface area contributed by atoms with Crippen LogP contribution in [0, 0.1) is 0 Å². The molecule has 1 heterocycles. The number of benzene rings is 1. The van der Waals surface area contributed by atoms with E-state index in [-0.39, 0.29) is 0 Å². The molecule has 1 atom stereocenters. The number of fused-ring (bicyclic) bond motifs is 1. The summed E-state index contributed by atoms with van der Waals surface area (Å²) in [6, 6.07) is 7.42. The summed E-state index contributed by atoms with van der Waals surface area (Å²) < 4.78 is 18.2. The summed E-state index contributed by atoms with van der Waals surface area (Å²) in [6.45, 7) is 1.45. The number of para-hydroxylation sites is 1. The Morgan fingerprint density at radius 3 is 2.91 bits per heavy atom. The summed E-state index contributed by atoms with van der Waals surface area (Å²) in [4.78, 5) is 0. The molecule has 0 radical (unpaired) electrons. The number of ether oxygens (including phenoxy) is 1. The van der Waals surface area contributed by atoms with Crippen molar-refractivity contribution < 1.29 is 9.13 Å². The third-order valence-corrected chi connectivity index (χ3v) is 1.80. The van der Waals surface area contributed by atoms with E-state index in [1.54, 1.807) is 6.07 Å². The van der Waals surface area contributed by atoms with E-state index < -0.39 is 5.85 Å². The van der Waals surface area contributed by atoms with Crippen molar-refractivity contribution in [1.82, 2.24) is 0 Å². The van der Waals surface area contributed by atoms with Crippen LogP contribution < -0.4 is 4.74 Å². The topological polar surface area (TPSA) is 9.23 Å². The second kappa shape index (κ2) is 1.97. The molecule has 11 heavy (non-hydrogen) atoms. The molecule has 1 unspecified atom stereocenters. The van der Waals surface area contributed by atoms with Crippen LogP contribution in [0.15, 0.2) is 24.3 Å². The van der Waals surface area contributed by atoms with Gasteiger partial charge in [-0.15, -0.1) is 0 Å². The summed E-state index contributed by atoms with van der Waals surface area (Å²) >= 11 is 0. The van der Waals surface area contributed by atoms with Gasteiger partial charge in [-0.25, -0.2) is 0 Å². The second-order valence-corrected chi connectivity index (χ2v) is 2.99. The fraction of sp³-hybridized carbons (Fsp3) is 0.333. The van der Waals surface area contributed by atoms with Gasteiger partial charge in [0.2, 0.25) is 5.85 Å². The normalized spacial score (nSPS) is 27.8. The Labute approximate surface area is 64.8 Å². The summed E-state index contributed by atoms with van der Waals surface area (Å²) in [5.41, 5.74) is 0.956. The van der Waals surface area contributed by atoms with E-state index in [1.807, 2.05) is 18.2 Å². The van der Waals surface area contributed by atoms with Crippen molar-refractivity contribution in [2.45, 2.75) is 19.2 Å². The molecule has 0 spiro atoms. The molecule has 1 aromatic carbocycles. The molecule has 0 bridgehead atoms. The molecule has 1 nitrogen and oxygen atoms in total. The summed E-state index contributed by atoms with van der Waals surface area (Å²) in [7, 11) is 0. The van der Waals surface area contributed by atoms with Crippen LogP contribution in [-0.2, 0) is 6.42 Å². The molecule has 0 aromatic heterocycles. The molecule has 2 rings (SSSR count). The zero-order chi connectivity index (χ0) is 7.90. The van der Waals surface area contributed by atoms with Gasteiger partial charge in [0, 0.05) is 18.9 Å². The minimum atomic E-state index is -1.50. The number of alkyl halides is 1. The summed E-state index contributed by atoms with van der Waals surface area (Å²) in [5.74, 6) is -0.818. The highest BCUT2D eigenvalue weighted by Crippen LogP contribution is 2.34. The average Bonchev–Trinajstić information content (AvgIpc) is 2.21. The van der Waals surface area contributed by atoms with Gasteiger partial charge in [-0.3, -0.25) is 0 Å². The van der Waals surface area contributed by atoms with Gasteiger partial charge in [-0.1, -0.05) is 18.2 Å². The van der Waals surface area contributed by atoms with Crippen LogP contribution in [-0.4, -0.2) is 5.85 Å². The van der Waals surface area contributed by atoms with Crippen LogP contribution in [0.2, 0.25) is 0 Å². The Morgan fingerprint density at radius 1 is 1.45 bits per heavy atom. The highest BCUT2D eigenvalue weighted by atomic mass is 19.2. The van der Waals surface area contributed by atoms with Gasteiger partial charge < -0.3 is 4.74 Å². The van der Waals surface area contributed by atoms with E-state index in [4.69, 9.17) is 4.74 Å². The van der Waals surface area contributed by atoms with Crippen LogP contribution in [0.4, 0.5) is 4.39 Å². The summed E-state index contributed by atoms with van der Waals surface area (Å²) in [6.07, 6.45) is 0.364. The van der Waals surface area contributed by atoms with E-state index in [0.717, 1.165) is 5.56 Å². The molecule has 0 aliphatic carbocycles. The Morgan fingerprint density at radius 2 is 2.18 bits per heavy atom. The van der Waals surface area contributed by atoms with E-state index in [2.05, 4.69) is 0 Å². The third kappa shape index (κ3) is 1.09. The highest BCUT2D eigenvalue weighted by Gasteiger charge is 2.33. The van der Waals surface area contributed by atoms with Gasteiger partial charge >= 0.3 is 0 Å². The maximum Gasteiger partial charge on any atom is 0.249 e. The SMILES string of the molecule is CC1(F)Cc2ccccc2O1. The van der Waals surface area contributed by atoms with Crippen molar-refractivity contribution in [3.05, 3.63) is 29.8 Å². The summed E-state index contributed by atoms with van der Waals surface area (Å²) in [5, 5.41) is 0. The molecular weight excluding hydrogens is 143 g/mol. The maximum absolute atomic E-state index is 13.2. The highest BCUT2D eigenvalue weighted by molar-refractivity contribution is 5.37. The molecule has 0 fully saturated rings. The molecule has 2 heteroatoms. The van der Waals surface area contributed by atoms with Crippen LogP contribution in [0.5, 0.6) is 5.75 Å². The van der Waals surface area contributed by atoms with E-state index in [0.29, 0.717) is 12.2 Å². The first-order valence-corrected chi connectivity index (χ1v) is 3.63. The predicted molar refractivity (Wildman–Crippen MR) is 40.3 cm³/mol. The second-order valence-electron chi connectivity index (χ2n) is 2.99. The third-order valence-electron chi connectivity index (χ3n) is 1.80. The van der Waals surface area contributed by atoms with Crippen molar-refractivity contribution in [2.24, 2.45) is 0 Å². The molecule has 1 aliphatic rings. The number of hydrogen-bond acceptors (Lipinski definition) is 1. The fourth-order valence-corrected chi connectivity index (χ4v) is 1.35. The van der Waals surface area contributed by atoms with Gasteiger partial charge in [0.1, 0.15) is 5.75 Å². The lowest BCUT2D eigenvalue weighted by Crippen LogP contribution is -2.22. The average molecular weight is 152 g/mol. The van der Waals surface area contributed by atoms with Crippen molar-refractivity contribution in [2.75, 3.05) is 0 Å². The Bertz CT molecular complexity index is 254. The molecular formula is C9H9FO. The van der Waals surface area contributed by atoms with Gasteiger partial charge in [0.15, 0.2) is 0 Å². The van der Waals surface area contributed by atoms with Gasteiger partial charge in [0.25, 0.3) is 0 Å². The lowest BCUT2D eigenvalue weighted by Gasteiger charge is -2.11. The van der Waals surface area contributed by atoms with Gasteiger partial charge in [0.05, 0.1) is 0 Å². The molecule has 58 valence electrons. The number of rotatable bonds is 0. The number of halogens is 1. The van der Waals surface area contributed by atoms with E-state index in [1.165, 1.54) is 6.92 Å². The zero-order valence-electron chi connectivity index (χ0n) is 6.30. The predicted octanol–water partition coefficient (Wildman–Crippen LogP) is 2.31. The zero-order valence-corrected chi connectivity index (χ0v) is 6.30. The van der Waals surface area contributed by atoms with Crippen molar-refractivity contribution >= 4 is 0 Å². The molecule has 0 amide bonds. The van der Waals surface area contributed by atoms with Crippen molar-refractivity contribution in [3.8, 4) is 5.75 Å². The van der Waals surface area contributed by atoms with Crippen LogP contribution >= 0.6 is 0 Å². The smallest absolute Gasteiger partial charge is 0.249 e. The molecule has 1 aliphatic heterocycles. The molecule has 0 saturated heterocycles. The van der Waals surface area contributed by atoms with Crippen LogP contribution in [0.1, 0.15) is 12.5 Å². The first-order chi connectivity index (χ1) is 5.17. The lowest BCUT2D eigenvalue weighted by atomic mass is 10.1. The van der Waals surface area contributed by atoms with Crippen LogP contribution in [0.25, 0.3) is 0 Å². The molecule has 1 aromatic rings. The maximum atomic E-state index is 13.2. The van der Waals surface area contributed by atoms with Gasteiger partial charge in [-0.05, 0) is 6.07 Å². The van der Waals surface area contributed by atoms with E-state index >= 15 is 0 Å². The van der Waals surface area contributed by atoms with Crippen molar-refractivity contribution in [3.63, 3.8) is 0 Å². The minimum Gasteiger partial charge on any atom is -0.458 e. The minimum absolute atomic E-state index is 0.364. The van der Waals surface area contributed by atoms with Crippen LogP contribution in [0.3, 0.4) is 0 Å².